The molecule has 6 aromatic rings. The number of halogens is 2. The molecule has 2 saturated heterocycles. The third-order valence-electron chi connectivity index (χ3n) is 10.9. The third-order valence-corrected chi connectivity index (χ3v) is 10.9. The fourth-order valence-electron chi connectivity index (χ4n) is 7.98. The van der Waals surface area contributed by atoms with Crippen LogP contribution in [0.5, 0.6) is 5.75 Å². The number of aromatic nitrogens is 2. The summed E-state index contributed by atoms with van der Waals surface area (Å²) in [5.41, 5.74) is 8.98. The van der Waals surface area contributed by atoms with Crippen molar-refractivity contribution in [3.05, 3.63) is 88.5 Å². The van der Waals surface area contributed by atoms with E-state index in [9.17, 15) is 23.9 Å². The zero-order valence-corrected chi connectivity index (χ0v) is 30.2. The lowest BCUT2D eigenvalue weighted by Crippen LogP contribution is -2.45. The van der Waals surface area contributed by atoms with Crippen LogP contribution in [0.3, 0.4) is 0 Å². The number of nitrogens with zero attached hydrogens (tertiary/aromatic N) is 5. The molecule has 4 heterocycles. The van der Waals surface area contributed by atoms with Crippen LogP contribution < -0.4 is 4.74 Å². The maximum absolute atomic E-state index is 13.5. The Morgan fingerprint density at radius 2 is 1.63 bits per heavy atom. The molecule has 0 radical (unpaired) electrons. The van der Waals surface area contributed by atoms with E-state index >= 15 is 0 Å². The van der Waals surface area contributed by atoms with Crippen LogP contribution in [0.25, 0.3) is 56.2 Å². The van der Waals surface area contributed by atoms with E-state index in [0.29, 0.717) is 58.9 Å². The van der Waals surface area contributed by atoms with Crippen LogP contribution in [0, 0.1) is 31.1 Å². The minimum absolute atomic E-state index is 0.0762. The van der Waals surface area contributed by atoms with E-state index in [4.69, 9.17) is 23.5 Å². The molecule has 10 nitrogen and oxygen atoms in total. The van der Waals surface area contributed by atoms with Gasteiger partial charge in [-0.1, -0.05) is 37.6 Å². The van der Waals surface area contributed by atoms with Crippen molar-refractivity contribution in [2.45, 2.75) is 65.8 Å². The molecule has 54 heavy (non-hydrogen) atoms. The van der Waals surface area contributed by atoms with Gasteiger partial charge in [-0.15, -0.1) is 0 Å². The largest absolute Gasteiger partial charge is 0.480 e. The van der Waals surface area contributed by atoms with Crippen molar-refractivity contribution in [3.63, 3.8) is 0 Å². The second-order valence-corrected chi connectivity index (χ2v) is 14.3. The third kappa shape index (κ3) is 6.58. The van der Waals surface area contributed by atoms with E-state index in [-0.39, 0.29) is 17.9 Å². The number of likely N-dealkylation sites (tertiary alicyclic amines) is 2. The van der Waals surface area contributed by atoms with Gasteiger partial charge in [0.2, 0.25) is 11.8 Å². The topological polar surface area (TPSA) is 129 Å². The van der Waals surface area contributed by atoms with Gasteiger partial charge in [-0.3, -0.25) is 14.6 Å². The summed E-state index contributed by atoms with van der Waals surface area (Å²) in [6, 6.07) is 20.3. The highest BCUT2D eigenvalue weighted by Gasteiger charge is 2.32. The van der Waals surface area contributed by atoms with Gasteiger partial charge < -0.3 is 18.7 Å². The number of fused-ring (bicyclic) bond motifs is 2. The van der Waals surface area contributed by atoms with E-state index in [1.165, 1.54) is 12.5 Å². The second-order valence-electron chi connectivity index (χ2n) is 14.3. The van der Waals surface area contributed by atoms with Gasteiger partial charge in [-0.2, -0.15) is 14.0 Å². The van der Waals surface area contributed by atoms with Crippen LogP contribution in [0.15, 0.2) is 69.5 Å². The first-order chi connectivity index (χ1) is 26.1. The maximum atomic E-state index is 13.5. The maximum Gasteiger partial charge on any atom is 0.387 e. The van der Waals surface area contributed by atoms with Gasteiger partial charge in [-0.25, -0.2) is 9.97 Å². The Balaban J connectivity index is 1.12. The molecule has 2 fully saturated rings. The number of nitriles is 1. The van der Waals surface area contributed by atoms with Crippen molar-refractivity contribution in [2.75, 3.05) is 19.6 Å². The van der Waals surface area contributed by atoms with Crippen LogP contribution in [0.1, 0.15) is 54.0 Å². The molecule has 276 valence electrons. The predicted molar refractivity (Wildman–Crippen MR) is 199 cm³/mol. The molecule has 0 bridgehead atoms. The number of oxazole rings is 2. The average molecular weight is 732 g/mol. The smallest absolute Gasteiger partial charge is 0.387 e. The molecule has 0 unspecified atom stereocenters. The molecule has 1 atom stereocenters. The van der Waals surface area contributed by atoms with Gasteiger partial charge in [0, 0.05) is 48.9 Å². The predicted octanol–water partition coefficient (Wildman–Crippen LogP) is 8.95. The SMILES string of the molecule is CCC1CN(Cc2cc(C#N)c3oc(-c4cccc(-c5cccc(-c6nc7cc(CN8CCC[C@H]8C(=O)O)c(OC(F)F)cc7o6)c5C)c4C)nc3c2)C1. The van der Waals surface area contributed by atoms with Crippen molar-refractivity contribution >= 4 is 28.2 Å². The van der Waals surface area contributed by atoms with Gasteiger partial charge >= 0.3 is 12.6 Å². The average Bonchev–Trinajstić information content (AvgIpc) is 3.88. The Morgan fingerprint density at radius 3 is 2.28 bits per heavy atom. The van der Waals surface area contributed by atoms with Crippen LogP contribution in [0.4, 0.5) is 8.78 Å². The highest BCUT2D eigenvalue weighted by Crippen LogP contribution is 2.39. The van der Waals surface area contributed by atoms with E-state index in [1.54, 1.807) is 11.0 Å². The van der Waals surface area contributed by atoms with Crippen molar-refractivity contribution in [2.24, 2.45) is 5.92 Å². The molecule has 2 aromatic heterocycles. The molecular formula is C42H39F2N5O5. The normalized spacial score (nSPS) is 16.7. The molecule has 0 amide bonds. The van der Waals surface area contributed by atoms with Crippen molar-refractivity contribution in [1.82, 2.24) is 19.8 Å². The summed E-state index contributed by atoms with van der Waals surface area (Å²) in [5.74, 6) is 0.457. The Bertz CT molecular complexity index is 2440. The molecule has 0 spiro atoms. The monoisotopic (exact) mass is 731 g/mol. The molecule has 2 aliphatic rings. The van der Waals surface area contributed by atoms with Crippen LogP contribution in [-0.4, -0.2) is 63.1 Å². The summed E-state index contributed by atoms with van der Waals surface area (Å²) in [4.78, 5) is 25.6. The summed E-state index contributed by atoms with van der Waals surface area (Å²) >= 11 is 0. The van der Waals surface area contributed by atoms with Gasteiger partial charge in [0.1, 0.15) is 28.9 Å². The minimum Gasteiger partial charge on any atom is -0.480 e. The van der Waals surface area contributed by atoms with Crippen LogP contribution >= 0.6 is 0 Å². The summed E-state index contributed by atoms with van der Waals surface area (Å²) in [7, 11) is 0. The highest BCUT2D eigenvalue weighted by atomic mass is 19.3. The van der Waals surface area contributed by atoms with E-state index in [0.717, 1.165) is 64.5 Å². The number of carboxylic acid groups (broad SMARTS) is 1. The van der Waals surface area contributed by atoms with Crippen molar-refractivity contribution in [3.8, 4) is 45.9 Å². The zero-order valence-electron chi connectivity index (χ0n) is 30.2. The number of hydrogen-bond acceptors (Lipinski definition) is 9. The molecule has 4 aromatic carbocycles. The second kappa shape index (κ2) is 14.3. The van der Waals surface area contributed by atoms with Gasteiger partial charge in [-0.05, 0) is 97.3 Å². The number of rotatable bonds is 11. The first-order valence-corrected chi connectivity index (χ1v) is 18.2. The van der Waals surface area contributed by atoms with E-state index < -0.39 is 18.6 Å². The first-order valence-electron chi connectivity index (χ1n) is 18.2. The number of carbonyl (C=O) groups is 1. The molecule has 1 N–H and O–H groups in total. The number of alkyl halides is 2. The molecule has 0 aliphatic carbocycles. The number of hydrogen-bond donors (Lipinski definition) is 1. The molecule has 8 rings (SSSR count). The fraction of sp³-hybridized carbons (Fsp3) is 0.333. The lowest BCUT2D eigenvalue weighted by atomic mass is 9.91. The number of carboxylic acids is 1. The lowest BCUT2D eigenvalue weighted by molar-refractivity contribution is -0.142. The van der Waals surface area contributed by atoms with Crippen molar-refractivity contribution in [1.29, 1.82) is 5.26 Å². The number of benzene rings is 4. The number of aliphatic carboxylic acids is 1. The molecular weight excluding hydrogens is 692 g/mol. The summed E-state index contributed by atoms with van der Waals surface area (Å²) in [6.07, 6.45) is 2.36. The Morgan fingerprint density at radius 1 is 0.963 bits per heavy atom. The van der Waals surface area contributed by atoms with E-state index in [2.05, 4.69) is 17.9 Å². The van der Waals surface area contributed by atoms with Crippen LogP contribution in [-0.2, 0) is 17.9 Å². The van der Waals surface area contributed by atoms with Gasteiger partial charge in [0.15, 0.2) is 11.2 Å². The minimum atomic E-state index is -3.07. The standard InChI is InChI=1S/C42H39F2N5O5/c1-4-25-19-48(20-25)21-26-14-27(18-45)38-34(15-26)47-40(54-38)32-11-6-9-30(24(32)3)29-8-5-10-31(23(29)2)39-46-33-16-28(22-49-13-7-12-35(49)41(50)51)36(53-42(43)44)17-37(33)52-39/h5-6,8-11,14-17,25,35,42H,4,7,12-13,19-22H2,1-3H3,(H,50,51)/t35-/m0/s1. The Kier molecular flexibility index (Phi) is 9.37. The zero-order chi connectivity index (χ0) is 37.7. The van der Waals surface area contributed by atoms with Crippen LogP contribution in [0.2, 0.25) is 0 Å². The summed E-state index contributed by atoms with van der Waals surface area (Å²) < 4.78 is 44.3. The molecule has 12 heteroatoms. The van der Waals surface area contributed by atoms with E-state index in [1.807, 2.05) is 62.4 Å². The van der Waals surface area contributed by atoms with Crippen molar-refractivity contribution < 1.29 is 32.3 Å². The molecule has 2 aliphatic heterocycles. The Hall–Kier alpha value is -5.64. The fourth-order valence-corrected chi connectivity index (χ4v) is 7.98. The van der Waals surface area contributed by atoms with Gasteiger partial charge in [0.05, 0.1) is 5.56 Å². The van der Waals surface area contributed by atoms with Gasteiger partial charge in [0.25, 0.3) is 0 Å². The summed E-state index contributed by atoms with van der Waals surface area (Å²) in [5, 5.41) is 19.7. The first kappa shape index (κ1) is 35.4. The Labute approximate surface area is 310 Å². The summed E-state index contributed by atoms with van der Waals surface area (Å²) in [6.45, 7) is 6.68. The lowest BCUT2D eigenvalue weighted by Gasteiger charge is -2.38. The number of ether oxygens (including phenoxy) is 1. The quantitative estimate of drug-likeness (QED) is 0.138. The molecule has 0 saturated carbocycles. The highest BCUT2D eigenvalue weighted by molar-refractivity contribution is 5.86.